The van der Waals surface area contributed by atoms with E-state index in [0.29, 0.717) is 26.1 Å². The van der Waals surface area contributed by atoms with Gasteiger partial charge in [-0.15, -0.1) is 0 Å². The van der Waals surface area contributed by atoms with E-state index in [1.165, 1.54) is 0 Å². The van der Waals surface area contributed by atoms with Gasteiger partial charge in [0, 0.05) is 26.1 Å². The van der Waals surface area contributed by atoms with E-state index in [1.807, 2.05) is 61.2 Å². The van der Waals surface area contributed by atoms with Crippen molar-refractivity contribution in [3.05, 3.63) is 89.5 Å². The summed E-state index contributed by atoms with van der Waals surface area (Å²) in [4.78, 5) is 26.4. The molecule has 2 N–H and O–H groups in total. The topological polar surface area (TPSA) is 70.7 Å². The monoisotopic (exact) mass is 471 g/mol. The van der Waals surface area contributed by atoms with Gasteiger partial charge in [0.25, 0.3) is 0 Å². The van der Waals surface area contributed by atoms with Gasteiger partial charge in [0.2, 0.25) is 5.91 Å². The lowest BCUT2D eigenvalue weighted by Gasteiger charge is -2.17. The Morgan fingerprint density at radius 1 is 1.03 bits per heavy atom. The number of amides is 3. The Balaban J connectivity index is 1.35. The van der Waals surface area contributed by atoms with Crippen LogP contribution < -0.4 is 15.4 Å². The lowest BCUT2D eigenvalue weighted by Crippen LogP contribution is -2.36. The summed E-state index contributed by atoms with van der Waals surface area (Å²) in [5, 5.41) is 5.99. The summed E-state index contributed by atoms with van der Waals surface area (Å²) >= 11 is 0. The van der Waals surface area contributed by atoms with Crippen molar-refractivity contribution >= 4 is 11.9 Å². The quantitative estimate of drug-likeness (QED) is 0.437. The summed E-state index contributed by atoms with van der Waals surface area (Å²) in [6.45, 7) is 6.46. The van der Waals surface area contributed by atoms with E-state index in [2.05, 4.69) is 41.0 Å². The third kappa shape index (κ3) is 6.41. The lowest BCUT2D eigenvalue weighted by molar-refractivity contribution is -0.128. The van der Waals surface area contributed by atoms with E-state index in [-0.39, 0.29) is 18.0 Å². The Bertz CT molecular complexity index is 1140. The second-order valence-electron chi connectivity index (χ2n) is 8.82. The molecule has 0 aromatic heterocycles. The maximum atomic E-state index is 12.6. The molecular weight excluding hydrogens is 438 g/mol. The van der Waals surface area contributed by atoms with Crippen molar-refractivity contribution in [1.82, 2.24) is 15.5 Å². The Hall–Kier alpha value is -3.80. The Morgan fingerprint density at radius 2 is 1.77 bits per heavy atom. The second-order valence-corrected chi connectivity index (χ2v) is 8.82. The predicted molar refractivity (Wildman–Crippen MR) is 138 cm³/mol. The molecule has 6 nitrogen and oxygen atoms in total. The SMILES string of the molecule is CCOc1ccc([C@H](C)NC(=O)NCc2ccccc2-c2ccc(CN3CCCC3=O)cc2)cc1. The van der Waals surface area contributed by atoms with Gasteiger partial charge in [0.05, 0.1) is 12.6 Å². The minimum atomic E-state index is -0.216. The molecule has 35 heavy (non-hydrogen) atoms. The number of carbonyl (C=O) groups is 2. The Morgan fingerprint density at radius 3 is 2.46 bits per heavy atom. The molecule has 1 saturated heterocycles. The molecule has 1 fully saturated rings. The molecule has 3 aromatic carbocycles. The molecule has 0 saturated carbocycles. The molecule has 3 aromatic rings. The van der Waals surface area contributed by atoms with Crippen LogP contribution in [-0.4, -0.2) is 30.0 Å². The first-order valence-electron chi connectivity index (χ1n) is 12.3. The minimum Gasteiger partial charge on any atom is -0.494 e. The molecule has 0 radical (unpaired) electrons. The number of rotatable bonds is 9. The van der Waals surface area contributed by atoms with Crippen LogP contribution in [0.2, 0.25) is 0 Å². The third-order valence-electron chi connectivity index (χ3n) is 6.31. The Kier molecular flexibility index (Phi) is 8.03. The zero-order valence-electron chi connectivity index (χ0n) is 20.4. The maximum absolute atomic E-state index is 12.6. The number of hydrogen-bond acceptors (Lipinski definition) is 3. The number of nitrogens with zero attached hydrogens (tertiary/aromatic N) is 1. The van der Waals surface area contributed by atoms with Crippen molar-refractivity contribution in [2.24, 2.45) is 0 Å². The summed E-state index contributed by atoms with van der Waals surface area (Å²) in [5.74, 6) is 1.06. The van der Waals surface area contributed by atoms with Crippen molar-refractivity contribution in [2.75, 3.05) is 13.2 Å². The van der Waals surface area contributed by atoms with Gasteiger partial charge < -0.3 is 20.3 Å². The van der Waals surface area contributed by atoms with Crippen LogP contribution in [0.25, 0.3) is 11.1 Å². The van der Waals surface area contributed by atoms with Crippen molar-refractivity contribution in [1.29, 1.82) is 0 Å². The van der Waals surface area contributed by atoms with E-state index in [1.54, 1.807) is 0 Å². The fraction of sp³-hybridized carbons (Fsp3) is 0.310. The second kappa shape index (κ2) is 11.6. The average Bonchev–Trinajstić information content (AvgIpc) is 3.28. The van der Waals surface area contributed by atoms with Gasteiger partial charge >= 0.3 is 6.03 Å². The smallest absolute Gasteiger partial charge is 0.315 e. The number of likely N-dealkylation sites (tertiary alicyclic amines) is 1. The molecule has 0 unspecified atom stereocenters. The number of benzene rings is 3. The minimum absolute atomic E-state index is 0.129. The van der Waals surface area contributed by atoms with Gasteiger partial charge in [0.1, 0.15) is 5.75 Å². The van der Waals surface area contributed by atoms with Crippen molar-refractivity contribution in [3.63, 3.8) is 0 Å². The summed E-state index contributed by atoms with van der Waals surface area (Å²) in [6.07, 6.45) is 1.61. The van der Waals surface area contributed by atoms with Crippen LogP contribution in [0.1, 0.15) is 49.4 Å². The van der Waals surface area contributed by atoms with Gasteiger partial charge in [-0.1, -0.05) is 60.7 Å². The summed E-state index contributed by atoms with van der Waals surface area (Å²) in [7, 11) is 0. The fourth-order valence-electron chi connectivity index (χ4n) is 4.36. The number of urea groups is 1. The highest BCUT2D eigenvalue weighted by atomic mass is 16.5. The normalized spacial score (nSPS) is 14.0. The van der Waals surface area contributed by atoms with E-state index < -0.39 is 0 Å². The number of nitrogens with one attached hydrogen (secondary N) is 2. The van der Waals surface area contributed by atoms with Gasteiger partial charge in [-0.2, -0.15) is 0 Å². The largest absolute Gasteiger partial charge is 0.494 e. The molecular formula is C29H33N3O3. The summed E-state index contributed by atoms with van der Waals surface area (Å²) in [5.41, 5.74) is 5.35. The van der Waals surface area contributed by atoms with E-state index in [0.717, 1.165) is 46.5 Å². The first kappa shape index (κ1) is 24.3. The highest BCUT2D eigenvalue weighted by Gasteiger charge is 2.20. The zero-order chi connectivity index (χ0) is 24.6. The molecule has 6 heteroatoms. The van der Waals surface area contributed by atoms with Crippen LogP contribution in [0.15, 0.2) is 72.8 Å². The molecule has 4 rings (SSSR count). The molecule has 1 heterocycles. The van der Waals surface area contributed by atoms with Crippen LogP contribution in [0.3, 0.4) is 0 Å². The van der Waals surface area contributed by atoms with E-state index in [4.69, 9.17) is 4.74 Å². The number of carbonyl (C=O) groups excluding carboxylic acids is 2. The van der Waals surface area contributed by atoms with Crippen LogP contribution >= 0.6 is 0 Å². The molecule has 0 spiro atoms. The molecule has 1 atom stereocenters. The lowest BCUT2D eigenvalue weighted by atomic mass is 9.98. The highest BCUT2D eigenvalue weighted by molar-refractivity contribution is 5.78. The van der Waals surface area contributed by atoms with Gasteiger partial charge in [-0.05, 0) is 60.2 Å². The van der Waals surface area contributed by atoms with Crippen LogP contribution in [0, 0.1) is 0 Å². The third-order valence-corrected chi connectivity index (χ3v) is 6.31. The Labute approximate surface area is 207 Å². The molecule has 0 aliphatic carbocycles. The molecule has 1 aliphatic heterocycles. The van der Waals surface area contributed by atoms with Crippen molar-refractivity contribution in [3.8, 4) is 16.9 Å². The van der Waals surface area contributed by atoms with Crippen molar-refractivity contribution < 1.29 is 14.3 Å². The highest BCUT2D eigenvalue weighted by Crippen LogP contribution is 2.25. The van der Waals surface area contributed by atoms with Gasteiger partial charge in [0.15, 0.2) is 0 Å². The van der Waals surface area contributed by atoms with Gasteiger partial charge in [-0.3, -0.25) is 4.79 Å². The van der Waals surface area contributed by atoms with Crippen LogP contribution in [0.5, 0.6) is 5.75 Å². The van der Waals surface area contributed by atoms with E-state index in [9.17, 15) is 9.59 Å². The first-order valence-corrected chi connectivity index (χ1v) is 12.3. The first-order chi connectivity index (χ1) is 17.0. The maximum Gasteiger partial charge on any atom is 0.315 e. The fourth-order valence-corrected chi connectivity index (χ4v) is 4.36. The molecule has 1 aliphatic rings. The molecule has 3 amide bonds. The molecule has 182 valence electrons. The standard InChI is InChI=1S/C29H33N3O3/c1-3-35-26-16-14-23(15-17-26)21(2)31-29(34)30-19-25-7-4-5-8-27(25)24-12-10-22(11-13-24)20-32-18-6-9-28(32)33/h4-5,7-8,10-17,21H,3,6,9,18-20H2,1-2H3,(H2,30,31,34)/t21-/m0/s1. The van der Waals surface area contributed by atoms with Gasteiger partial charge in [-0.25, -0.2) is 4.79 Å². The number of ether oxygens (including phenoxy) is 1. The summed E-state index contributed by atoms with van der Waals surface area (Å²) < 4.78 is 5.48. The zero-order valence-corrected chi connectivity index (χ0v) is 20.4. The van der Waals surface area contributed by atoms with E-state index >= 15 is 0 Å². The summed E-state index contributed by atoms with van der Waals surface area (Å²) in [6, 6.07) is 23.8. The van der Waals surface area contributed by atoms with Crippen LogP contribution in [-0.2, 0) is 17.9 Å². The predicted octanol–water partition coefficient (Wildman–Crippen LogP) is 5.44. The van der Waals surface area contributed by atoms with Crippen molar-refractivity contribution in [2.45, 2.75) is 45.8 Å². The number of hydrogen-bond donors (Lipinski definition) is 2. The average molecular weight is 472 g/mol. The molecule has 0 bridgehead atoms. The van der Waals surface area contributed by atoms with Crippen LogP contribution in [0.4, 0.5) is 4.79 Å².